The van der Waals surface area contributed by atoms with E-state index in [4.69, 9.17) is 26.6 Å². The van der Waals surface area contributed by atoms with Gasteiger partial charge in [0.15, 0.2) is 0 Å². The number of hydrogen-bond acceptors (Lipinski definition) is 4. The third kappa shape index (κ3) is 17.2. The standard InChI is InChI=1S/C6H15O2PS2.C3H7N/c1-5(2)7-9(10,11)8-6(3)4;1-2-3-4/h5-6H,1-4H3,(H,10,11);2H,1,3-4H2. The lowest BCUT2D eigenvalue weighted by Crippen LogP contribution is -2.04. The van der Waals surface area contributed by atoms with Crippen molar-refractivity contribution < 1.29 is 9.05 Å². The molecule has 0 amide bonds. The van der Waals surface area contributed by atoms with Crippen LogP contribution in [-0.4, -0.2) is 18.8 Å². The maximum Gasteiger partial charge on any atom is 0.244 e. The molecule has 0 atom stereocenters. The highest BCUT2D eigenvalue weighted by Gasteiger charge is 2.16. The van der Waals surface area contributed by atoms with Gasteiger partial charge in [0, 0.05) is 6.54 Å². The van der Waals surface area contributed by atoms with Crippen LogP contribution in [0.25, 0.3) is 0 Å². The second-order valence-electron chi connectivity index (χ2n) is 3.30. The maximum absolute atomic E-state index is 5.32. The van der Waals surface area contributed by atoms with Crippen LogP contribution in [0.4, 0.5) is 0 Å². The highest BCUT2D eigenvalue weighted by molar-refractivity contribution is 8.60. The molecule has 0 radical (unpaired) electrons. The lowest BCUT2D eigenvalue weighted by molar-refractivity contribution is 0.186. The van der Waals surface area contributed by atoms with E-state index in [1.807, 2.05) is 27.7 Å². The fourth-order valence-corrected chi connectivity index (χ4v) is 3.84. The molecular formula is C9H22NO2PS2. The van der Waals surface area contributed by atoms with Gasteiger partial charge in [0.05, 0.1) is 12.2 Å². The summed E-state index contributed by atoms with van der Waals surface area (Å²) in [7, 11) is 0. The summed E-state index contributed by atoms with van der Waals surface area (Å²) in [6.07, 6.45) is 1.81. The monoisotopic (exact) mass is 271 g/mol. The van der Waals surface area contributed by atoms with Crippen molar-refractivity contribution in [1.29, 1.82) is 0 Å². The molecule has 0 aromatic heterocycles. The van der Waals surface area contributed by atoms with Gasteiger partial charge < -0.3 is 14.8 Å². The Morgan fingerprint density at radius 2 is 1.60 bits per heavy atom. The fraction of sp³-hybridized carbons (Fsp3) is 0.778. The van der Waals surface area contributed by atoms with Crippen molar-refractivity contribution in [3.05, 3.63) is 12.7 Å². The van der Waals surface area contributed by atoms with Crippen LogP contribution in [0.5, 0.6) is 0 Å². The molecule has 3 nitrogen and oxygen atoms in total. The Morgan fingerprint density at radius 1 is 1.33 bits per heavy atom. The van der Waals surface area contributed by atoms with Crippen molar-refractivity contribution in [2.75, 3.05) is 6.54 Å². The Balaban J connectivity index is 0. The zero-order chi connectivity index (χ0) is 12.5. The van der Waals surface area contributed by atoms with Crippen molar-refractivity contribution in [3.63, 3.8) is 0 Å². The molecule has 0 bridgehead atoms. The van der Waals surface area contributed by atoms with Gasteiger partial charge in [0.1, 0.15) is 0 Å². The van der Waals surface area contributed by atoms with Crippen LogP contribution in [0.3, 0.4) is 0 Å². The molecule has 0 fully saturated rings. The van der Waals surface area contributed by atoms with E-state index >= 15 is 0 Å². The van der Waals surface area contributed by atoms with E-state index in [0.29, 0.717) is 6.54 Å². The minimum atomic E-state index is -2.28. The molecule has 0 aromatic carbocycles. The van der Waals surface area contributed by atoms with Gasteiger partial charge in [-0.3, -0.25) is 0 Å². The second kappa shape index (κ2) is 9.82. The average Bonchev–Trinajstić information content (AvgIpc) is 1.99. The number of rotatable bonds is 5. The van der Waals surface area contributed by atoms with Gasteiger partial charge in [-0.2, -0.15) is 0 Å². The molecule has 0 aliphatic carbocycles. The lowest BCUT2D eigenvalue weighted by atomic mass is 10.5. The molecule has 92 valence electrons. The first-order valence-corrected chi connectivity index (χ1v) is 8.54. The molecule has 0 heterocycles. The van der Waals surface area contributed by atoms with Crippen LogP contribution >= 0.6 is 17.9 Å². The molecule has 0 rings (SSSR count). The molecule has 0 spiro atoms. The Labute approximate surface area is 104 Å². The first-order valence-electron chi connectivity index (χ1n) is 4.75. The van der Waals surface area contributed by atoms with E-state index in [2.05, 4.69) is 18.8 Å². The number of hydrogen-bond donors (Lipinski definition) is 2. The summed E-state index contributed by atoms with van der Waals surface area (Å²) < 4.78 is 10.6. The lowest BCUT2D eigenvalue weighted by Gasteiger charge is -2.20. The minimum absolute atomic E-state index is 0.0806. The summed E-state index contributed by atoms with van der Waals surface area (Å²) in [5.74, 6) is 0. The highest BCUT2D eigenvalue weighted by Crippen LogP contribution is 2.55. The predicted octanol–water partition coefficient (Wildman–Crippen LogP) is 3.12. The summed E-state index contributed by atoms with van der Waals surface area (Å²) in [6.45, 7) is 11.6. The van der Waals surface area contributed by atoms with Crippen molar-refractivity contribution in [3.8, 4) is 0 Å². The zero-order valence-electron chi connectivity index (χ0n) is 9.84. The molecule has 15 heavy (non-hydrogen) atoms. The molecule has 0 aliphatic heterocycles. The zero-order valence-corrected chi connectivity index (χ0v) is 12.4. The first kappa shape index (κ1) is 18.0. The topological polar surface area (TPSA) is 44.5 Å². The van der Waals surface area contributed by atoms with Crippen molar-refractivity contribution in [1.82, 2.24) is 0 Å². The quantitative estimate of drug-likeness (QED) is 0.458. The summed E-state index contributed by atoms with van der Waals surface area (Å²) in [6, 6.07) is 0. The Morgan fingerprint density at radius 3 is 1.73 bits per heavy atom. The van der Waals surface area contributed by atoms with Gasteiger partial charge >= 0.3 is 0 Å². The minimum Gasteiger partial charge on any atom is -0.327 e. The van der Waals surface area contributed by atoms with E-state index in [-0.39, 0.29) is 12.2 Å². The van der Waals surface area contributed by atoms with Crippen LogP contribution in [-0.2, 0) is 20.9 Å². The third-order valence-corrected chi connectivity index (χ3v) is 3.31. The summed E-state index contributed by atoms with van der Waals surface area (Å²) >= 11 is 9.17. The van der Waals surface area contributed by atoms with Crippen molar-refractivity contribution >= 4 is 29.7 Å². The fourth-order valence-electron chi connectivity index (χ4n) is 0.558. The molecular weight excluding hydrogens is 249 g/mol. The average molecular weight is 271 g/mol. The molecule has 2 N–H and O–H groups in total. The Hall–Kier alpha value is 0.620. The van der Waals surface area contributed by atoms with E-state index in [1.54, 1.807) is 6.08 Å². The largest absolute Gasteiger partial charge is 0.327 e. The van der Waals surface area contributed by atoms with Gasteiger partial charge in [0.2, 0.25) is 5.69 Å². The van der Waals surface area contributed by atoms with Gasteiger partial charge in [-0.05, 0) is 39.5 Å². The predicted molar refractivity (Wildman–Crippen MR) is 75.0 cm³/mol. The molecule has 0 unspecified atom stereocenters. The van der Waals surface area contributed by atoms with E-state index < -0.39 is 5.69 Å². The normalized spacial score (nSPS) is 11.2. The summed E-state index contributed by atoms with van der Waals surface area (Å²) in [5.41, 5.74) is 2.63. The number of thiol groups is 1. The molecule has 0 saturated heterocycles. The van der Waals surface area contributed by atoms with Crippen LogP contribution in [0.2, 0.25) is 0 Å². The maximum atomic E-state index is 5.32. The molecule has 0 aliphatic rings. The Bertz CT molecular complexity index is 196. The molecule has 0 aromatic rings. The molecule has 6 heteroatoms. The van der Waals surface area contributed by atoms with Crippen molar-refractivity contribution in [2.24, 2.45) is 5.73 Å². The van der Waals surface area contributed by atoms with Gasteiger partial charge in [-0.25, -0.2) is 0 Å². The van der Waals surface area contributed by atoms with E-state index in [9.17, 15) is 0 Å². The Kier molecular flexibility index (Phi) is 11.8. The van der Waals surface area contributed by atoms with Crippen LogP contribution in [0.1, 0.15) is 27.7 Å². The van der Waals surface area contributed by atoms with Gasteiger partial charge in [-0.1, -0.05) is 18.3 Å². The van der Waals surface area contributed by atoms with Crippen LogP contribution in [0, 0.1) is 0 Å². The van der Waals surface area contributed by atoms with E-state index in [1.165, 1.54) is 0 Å². The van der Waals surface area contributed by atoms with Gasteiger partial charge in [0.25, 0.3) is 0 Å². The first-order chi connectivity index (χ1) is 6.75. The van der Waals surface area contributed by atoms with Crippen LogP contribution in [0.15, 0.2) is 12.7 Å². The highest BCUT2D eigenvalue weighted by atomic mass is 32.9. The van der Waals surface area contributed by atoms with E-state index in [0.717, 1.165) is 0 Å². The van der Waals surface area contributed by atoms with Crippen LogP contribution < -0.4 is 5.73 Å². The molecule has 0 saturated carbocycles. The summed E-state index contributed by atoms with van der Waals surface area (Å²) in [5, 5.41) is 0. The summed E-state index contributed by atoms with van der Waals surface area (Å²) in [4.78, 5) is 0. The number of nitrogens with two attached hydrogens (primary N) is 1. The smallest absolute Gasteiger partial charge is 0.244 e. The van der Waals surface area contributed by atoms with Gasteiger partial charge in [-0.15, -0.1) is 6.58 Å². The second-order valence-corrected chi connectivity index (χ2v) is 8.49. The third-order valence-electron chi connectivity index (χ3n) is 0.855. The SMILES string of the molecule is C=CCN.CC(C)OP(=S)(S)OC(C)C. The van der Waals surface area contributed by atoms with Crippen molar-refractivity contribution in [2.45, 2.75) is 39.9 Å².